The second kappa shape index (κ2) is 4.87. The van der Waals surface area contributed by atoms with Gasteiger partial charge < -0.3 is 5.32 Å². The van der Waals surface area contributed by atoms with Gasteiger partial charge in [0.05, 0.1) is 16.1 Å². The normalized spacial score (nSPS) is 16.8. The van der Waals surface area contributed by atoms with Gasteiger partial charge in [-0.15, -0.1) is 0 Å². The first kappa shape index (κ1) is 12.5. The van der Waals surface area contributed by atoms with Crippen LogP contribution in [0.4, 0.5) is 5.69 Å². The molecular weight excluding hydrogens is 281 g/mol. The second-order valence-electron chi connectivity index (χ2n) is 4.55. The Morgan fingerprint density at radius 2 is 1.89 bits per heavy atom. The van der Waals surface area contributed by atoms with E-state index in [9.17, 15) is 4.79 Å². The van der Waals surface area contributed by atoms with Crippen molar-refractivity contribution in [3.05, 3.63) is 63.6 Å². The van der Waals surface area contributed by atoms with Crippen LogP contribution in [0.3, 0.4) is 0 Å². The molecule has 0 saturated heterocycles. The van der Waals surface area contributed by atoms with Crippen molar-refractivity contribution >= 4 is 34.7 Å². The average Bonchev–Trinajstić information content (AvgIpc) is 2.85. The fourth-order valence-electron chi connectivity index (χ4n) is 2.31. The molecule has 2 nitrogen and oxygen atoms in total. The molecule has 2 aromatic carbocycles. The van der Waals surface area contributed by atoms with Crippen molar-refractivity contribution in [1.82, 2.24) is 0 Å². The molecule has 0 aromatic heterocycles. The zero-order valence-corrected chi connectivity index (χ0v) is 11.5. The minimum absolute atomic E-state index is 0.0368. The molecule has 2 aromatic rings. The van der Waals surface area contributed by atoms with Gasteiger partial charge in [-0.25, -0.2) is 0 Å². The molecule has 1 unspecified atom stereocenters. The van der Waals surface area contributed by atoms with E-state index in [1.165, 1.54) is 5.56 Å². The van der Waals surface area contributed by atoms with E-state index in [1.807, 2.05) is 24.3 Å². The molecule has 1 atom stereocenters. The summed E-state index contributed by atoms with van der Waals surface area (Å²) in [5.74, 6) is 0.0368. The molecule has 0 spiro atoms. The maximum Gasteiger partial charge on any atom is 0.185 e. The molecule has 0 bridgehead atoms. The summed E-state index contributed by atoms with van der Waals surface area (Å²) in [7, 11) is 0. The van der Waals surface area contributed by atoms with Crippen molar-refractivity contribution in [3.8, 4) is 0 Å². The predicted molar refractivity (Wildman–Crippen MR) is 78.3 cm³/mol. The summed E-state index contributed by atoms with van der Waals surface area (Å²) in [6, 6.07) is 12.7. The summed E-state index contributed by atoms with van der Waals surface area (Å²) in [5, 5.41) is 4.11. The summed E-state index contributed by atoms with van der Waals surface area (Å²) < 4.78 is 0. The number of anilines is 1. The highest BCUT2D eigenvalue weighted by atomic mass is 35.5. The first-order valence-electron chi connectivity index (χ1n) is 5.99. The highest BCUT2D eigenvalue weighted by Crippen LogP contribution is 2.28. The van der Waals surface area contributed by atoms with Gasteiger partial charge in [0.1, 0.15) is 0 Å². The fourth-order valence-corrected chi connectivity index (χ4v) is 2.60. The highest BCUT2D eigenvalue weighted by molar-refractivity contribution is 6.42. The Morgan fingerprint density at radius 3 is 2.63 bits per heavy atom. The average molecular weight is 292 g/mol. The molecule has 96 valence electrons. The Hall–Kier alpha value is -1.51. The number of para-hydroxylation sites is 1. The summed E-state index contributed by atoms with van der Waals surface area (Å²) in [6.07, 6.45) is 0.704. The Kier molecular flexibility index (Phi) is 3.21. The minimum atomic E-state index is -0.227. The first-order valence-corrected chi connectivity index (χ1v) is 6.74. The molecule has 19 heavy (non-hydrogen) atoms. The van der Waals surface area contributed by atoms with Gasteiger partial charge >= 0.3 is 0 Å². The van der Waals surface area contributed by atoms with Gasteiger partial charge in [0.25, 0.3) is 0 Å². The molecule has 0 amide bonds. The van der Waals surface area contributed by atoms with Gasteiger partial charge in [0.15, 0.2) is 5.78 Å². The van der Waals surface area contributed by atoms with Crippen LogP contribution < -0.4 is 5.32 Å². The number of ketones is 1. The minimum Gasteiger partial charge on any atom is -0.374 e. The largest absolute Gasteiger partial charge is 0.374 e. The zero-order chi connectivity index (χ0) is 13.4. The van der Waals surface area contributed by atoms with Crippen molar-refractivity contribution < 1.29 is 4.79 Å². The molecule has 1 heterocycles. The third-order valence-electron chi connectivity index (χ3n) is 3.29. The molecular formula is C15H11Cl2NO. The lowest BCUT2D eigenvalue weighted by atomic mass is 10.0. The first-order chi connectivity index (χ1) is 9.15. The van der Waals surface area contributed by atoms with Crippen molar-refractivity contribution in [3.63, 3.8) is 0 Å². The Balaban J connectivity index is 1.85. The number of rotatable bonds is 2. The number of fused-ring (bicyclic) bond motifs is 1. The molecule has 0 aliphatic carbocycles. The standard InChI is InChI=1S/C15H11Cl2NO/c16-11-6-5-10(7-12(11)17)15(19)14-8-9-3-1-2-4-13(9)18-14/h1-7,14,18H,8H2. The van der Waals surface area contributed by atoms with E-state index in [-0.39, 0.29) is 11.8 Å². The van der Waals surface area contributed by atoms with Crippen LogP contribution in [0, 0.1) is 0 Å². The molecule has 1 aliphatic heterocycles. The van der Waals surface area contributed by atoms with Crippen LogP contribution in [-0.2, 0) is 6.42 Å². The number of Topliss-reactive ketones (excluding diaryl/α,β-unsaturated/α-hetero) is 1. The van der Waals surface area contributed by atoms with Crippen LogP contribution in [0.5, 0.6) is 0 Å². The lowest BCUT2D eigenvalue weighted by Crippen LogP contribution is -2.27. The van der Waals surface area contributed by atoms with Gasteiger partial charge in [0, 0.05) is 17.7 Å². The summed E-state index contributed by atoms with van der Waals surface area (Å²) in [6.45, 7) is 0. The predicted octanol–water partition coefficient (Wildman–Crippen LogP) is 4.21. The smallest absolute Gasteiger partial charge is 0.185 e. The van der Waals surface area contributed by atoms with Crippen molar-refractivity contribution in [1.29, 1.82) is 0 Å². The van der Waals surface area contributed by atoms with E-state index in [0.29, 0.717) is 22.0 Å². The van der Waals surface area contributed by atoms with E-state index in [2.05, 4.69) is 5.32 Å². The number of carbonyl (C=O) groups excluding carboxylic acids is 1. The number of benzene rings is 2. The van der Waals surface area contributed by atoms with Crippen LogP contribution in [0.2, 0.25) is 10.0 Å². The van der Waals surface area contributed by atoms with Gasteiger partial charge in [0.2, 0.25) is 0 Å². The van der Waals surface area contributed by atoms with E-state index >= 15 is 0 Å². The third kappa shape index (κ3) is 2.34. The lowest BCUT2D eigenvalue weighted by Gasteiger charge is -2.10. The summed E-state index contributed by atoms with van der Waals surface area (Å²) in [4.78, 5) is 12.4. The lowest BCUT2D eigenvalue weighted by molar-refractivity contribution is 0.0971. The number of carbonyl (C=O) groups is 1. The van der Waals surface area contributed by atoms with E-state index in [0.717, 1.165) is 5.69 Å². The molecule has 0 saturated carbocycles. The van der Waals surface area contributed by atoms with Gasteiger partial charge in [-0.2, -0.15) is 0 Å². The number of hydrogen-bond donors (Lipinski definition) is 1. The molecule has 1 aliphatic rings. The van der Waals surface area contributed by atoms with Gasteiger partial charge in [-0.05, 0) is 29.8 Å². The fraction of sp³-hybridized carbons (Fsp3) is 0.133. The Bertz CT molecular complexity index is 629. The highest BCUT2D eigenvalue weighted by Gasteiger charge is 2.27. The summed E-state index contributed by atoms with van der Waals surface area (Å²) >= 11 is 11.8. The van der Waals surface area contributed by atoms with Crippen LogP contribution in [0.15, 0.2) is 42.5 Å². The van der Waals surface area contributed by atoms with Crippen LogP contribution >= 0.6 is 23.2 Å². The third-order valence-corrected chi connectivity index (χ3v) is 4.03. The van der Waals surface area contributed by atoms with Crippen molar-refractivity contribution in [2.45, 2.75) is 12.5 Å². The Morgan fingerprint density at radius 1 is 1.11 bits per heavy atom. The molecule has 4 heteroatoms. The molecule has 0 radical (unpaired) electrons. The number of hydrogen-bond acceptors (Lipinski definition) is 2. The Labute approximate surface area is 121 Å². The quantitative estimate of drug-likeness (QED) is 0.840. The second-order valence-corrected chi connectivity index (χ2v) is 5.37. The van der Waals surface area contributed by atoms with Crippen LogP contribution in [-0.4, -0.2) is 11.8 Å². The van der Waals surface area contributed by atoms with Crippen LogP contribution in [0.1, 0.15) is 15.9 Å². The SMILES string of the molecule is O=C(c1ccc(Cl)c(Cl)c1)C1Cc2ccccc2N1. The number of nitrogens with one attached hydrogen (secondary N) is 1. The van der Waals surface area contributed by atoms with Gasteiger partial charge in [-0.1, -0.05) is 41.4 Å². The maximum absolute atomic E-state index is 12.4. The van der Waals surface area contributed by atoms with E-state index in [1.54, 1.807) is 18.2 Å². The molecule has 0 fully saturated rings. The van der Waals surface area contributed by atoms with E-state index in [4.69, 9.17) is 23.2 Å². The van der Waals surface area contributed by atoms with Gasteiger partial charge in [-0.3, -0.25) is 4.79 Å². The molecule has 1 N–H and O–H groups in total. The monoisotopic (exact) mass is 291 g/mol. The number of halogens is 2. The zero-order valence-electron chi connectivity index (χ0n) is 9.99. The topological polar surface area (TPSA) is 29.1 Å². The molecule has 3 rings (SSSR count). The van der Waals surface area contributed by atoms with Crippen molar-refractivity contribution in [2.24, 2.45) is 0 Å². The van der Waals surface area contributed by atoms with E-state index < -0.39 is 0 Å². The summed E-state index contributed by atoms with van der Waals surface area (Å²) in [5.41, 5.74) is 2.78. The van der Waals surface area contributed by atoms with Crippen molar-refractivity contribution in [2.75, 3.05) is 5.32 Å². The van der Waals surface area contributed by atoms with Crippen LogP contribution in [0.25, 0.3) is 0 Å². The maximum atomic E-state index is 12.4.